The summed E-state index contributed by atoms with van der Waals surface area (Å²) in [6.07, 6.45) is 3.68. The summed E-state index contributed by atoms with van der Waals surface area (Å²) in [6, 6.07) is 4.91. The molecule has 3 amide bonds. The van der Waals surface area contributed by atoms with Crippen molar-refractivity contribution in [1.29, 1.82) is 0 Å². The van der Waals surface area contributed by atoms with Gasteiger partial charge in [-0.1, -0.05) is 22.0 Å². The number of halogens is 1. The van der Waals surface area contributed by atoms with E-state index >= 15 is 0 Å². The zero-order valence-electron chi connectivity index (χ0n) is 18.9. The molecule has 1 saturated heterocycles. The summed E-state index contributed by atoms with van der Waals surface area (Å²) < 4.78 is 8.01. The first-order valence-corrected chi connectivity index (χ1v) is 11.6. The minimum atomic E-state index is -0.891. The molecule has 4 rings (SSSR count). The van der Waals surface area contributed by atoms with Gasteiger partial charge in [-0.3, -0.25) is 14.3 Å². The monoisotopic (exact) mass is 531 g/mol. The molecular weight excluding hydrogens is 506 g/mol. The van der Waals surface area contributed by atoms with Crippen LogP contribution in [0.25, 0.3) is 0 Å². The molecule has 0 bridgehead atoms. The van der Waals surface area contributed by atoms with E-state index in [0.717, 1.165) is 5.56 Å². The molecule has 2 aromatic rings. The zero-order chi connectivity index (χ0) is 24.5. The van der Waals surface area contributed by atoms with Gasteiger partial charge in [-0.05, 0) is 19.1 Å². The van der Waals surface area contributed by atoms with E-state index in [2.05, 4.69) is 41.8 Å². The molecule has 0 saturated carbocycles. The largest absolute Gasteiger partial charge is 0.435 e. The first kappa shape index (κ1) is 23.9. The van der Waals surface area contributed by atoms with Gasteiger partial charge in [-0.25, -0.2) is 10.2 Å². The van der Waals surface area contributed by atoms with Crippen LogP contribution in [-0.2, 0) is 11.8 Å². The highest BCUT2D eigenvalue weighted by Crippen LogP contribution is 2.35. The topological polar surface area (TPSA) is 144 Å². The number of hydrogen-bond acceptors (Lipinski definition) is 7. The number of aromatic nitrogens is 2. The van der Waals surface area contributed by atoms with E-state index < -0.39 is 17.6 Å². The maximum atomic E-state index is 12.4. The Morgan fingerprint density at radius 1 is 1.32 bits per heavy atom. The SMILES string of the molecule is C[C@@H](CN1CCC2(CC1)OC(=O)NN=C2c1ccc(C(N)=O)cc1Br)NC(=O)c1cnn(C)c1. The summed E-state index contributed by atoms with van der Waals surface area (Å²) in [6.45, 7) is 3.90. The lowest BCUT2D eigenvalue weighted by Gasteiger charge is -2.43. The van der Waals surface area contributed by atoms with Crippen LogP contribution < -0.4 is 16.5 Å². The van der Waals surface area contributed by atoms with Gasteiger partial charge in [-0.15, -0.1) is 0 Å². The summed E-state index contributed by atoms with van der Waals surface area (Å²) in [5, 5.41) is 11.3. The Morgan fingerprint density at radius 2 is 2.06 bits per heavy atom. The predicted molar refractivity (Wildman–Crippen MR) is 127 cm³/mol. The van der Waals surface area contributed by atoms with Crippen molar-refractivity contribution in [2.75, 3.05) is 19.6 Å². The van der Waals surface area contributed by atoms with Crippen molar-refractivity contribution in [3.8, 4) is 0 Å². The van der Waals surface area contributed by atoms with E-state index in [1.165, 1.54) is 6.20 Å². The molecule has 1 aromatic carbocycles. The summed E-state index contributed by atoms with van der Waals surface area (Å²) in [7, 11) is 1.76. The molecule has 1 atom stereocenters. The van der Waals surface area contributed by atoms with Crippen molar-refractivity contribution in [3.63, 3.8) is 0 Å². The number of primary amides is 1. The highest BCUT2D eigenvalue weighted by atomic mass is 79.9. The smallest absolute Gasteiger partial charge is 0.428 e. The van der Waals surface area contributed by atoms with Gasteiger partial charge in [0.15, 0.2) is 5.60 Å². The van der Waals surface area contributed by atoms with E-state index in [9.17, 15) is 14.4 Å². The Kier molecular flexibility index (Phi) is 6.71. The highest BCUT2D eigenvalue weighted by Gasteiger charge is 2.46. The summed E-state index contributed by atoms with van der Waals surface area (Å²) in [4.78, 5) is 38.2. The molecule has 3 heterocycles. The number of rotatable bonds is 6. The maximum Gasteiger partial charge on any atom is 0.428 e. The third kappa shape index (κ3) is 4.97. The van der Waals surface area contributed by atoms with E-state index in [1.807, 2.05) is 6.92 Å². The van der Waals surface area contributed by atoms with Crippen molar-refractivity contribution in [2.45, 2.75) is 31.4 Å². The number of nitrogens with one attached hydrogen (secondary N) is 2. The fourth-order valence-corrected chi connectivity index (χ4v) is 4.90. The first-order chi connectivity index (χ1) is 16.2. The van der Waals surface area contributed by atoms with Crippen LogP contribution in [0.15, 0.2) is 40.2 Å². The Labute approximate surface area is 204 Å². The average molecular weight is 532 g/mol. The number of piperidine rings is 1. The first-order valence-electron chi connectivity index (χ1n) is 10.9. The fraction of sp³-hybridized carbons (Fsp3) is 0.409. The molecule has 12 heteroatoms. The Balaban J connectivity index is 1.43. The van der Waals surface area contributed by atoms with E-state index in [1.54, 1.807) is 36.1 Å². The molecule has 4 N–H and O–H groups in total. The number of aryl methyl sites for hydroxylation is 1. The van der Waals surface area contributed by atoms with Crippen molar-refractivity contribution >= 4 is 39.5 Å². The second kappa shape index (κ2) is 9.55. The minimum Gasteiger partial charge on any atom is -0.435 e. The molecule has 2 aliphatic rings. The number of hydrazone groups is 1. The number of benzene rings is 1. The van der Waals surface area contributed by atoms with Crippen molar-refractivity contribution < 1.29 is 19.1 Å². The molecule has 2 aliphatic heterocycles. The quantitative estimate of drug-likeness (QED) is 0.513. The lowest BCUT2D eigenvalue weighted by molar-refractivity contribution is 0.00486. The van der Waals surface area contributed by atoms with Crippen LogP contribution in [-0.4, -0.2) is 69.6 Å². The lowest BCUT2D eigenvalue weighted by atomic mass is 9.82. The Morgan fingerprint density at radius 3 is 2.68 bits per heavy atom. The average Bonchev–Trinajstić information content (AvgIpc) is 3.22. The number of ether oxygens (including phenoxy) is 1. The van der Waals surface area contributed by atoms with Crippen molar-refractivity contribution in [3.05, 3.63) is 51.8 Å². The normalized spacial score (nSPS) is 18.6. The molecule has 180 valence electrons. The molecule has 34 heavy (non-hydrogen) atoms. The van der Waals surface area contributed by atoms with Crippen LogP contribution >= 0.6 is 15.9 Å². The molecule has 1 fully saturated rings. The van der Waals surface area contributed by atoms with Crippen LogP contribution in [0.4, 0.5) is 4.79 Å². The Bertz CT molecular complexity index is 1150. The van der Waals surface area contributed by atoms with Gasteiger partial charge < -0.3 is 20.7 Å². The fourth-order valence-electron chi connectivity index (χ4n) is 4.33. The number of carbonyl (C=O) groups excluding carboxylic acids is 3. The van der Waals surface area contributed by atoms with Gasteiger partial charge in [0.05, 0.1) is 11.8 Å². The molecule has 0 unspecified atom stereocenters. The number of nitrogens with two attached hydrogens (primary N) is 1. The highest BCUT2D eigenvalue weighted by molar-refractivity contribution is 9.10. The van der Waals surface area contributed by atoms with Gasteiger partial charge in [0.2, 0.25) is 5.91 Å². The predicted octanol–water partition coefficient (Wildman–Crippen LogP) is 1.38. The lowest BCUT2D eigenvalue weighted by Crippen LogP contribution is -2.57. The van der Waals surface area contributed by atoms with Crippen LogP contribution in [0.5, 0.6) is 0 Å². The van der Waals surface area contributed by atoms with Gasteiger partial charge in [0.25, 0.3) is 5.91 Å². The Hall–Kier alpha value is -3.25. The van der Waals surface area contributed by atoms with Gasteiger partial charge >= 0.3 is 6.09 Å². The van der Waals surface area contributed by atoms with Crippen LogP contribution in [0, 0.1) is 0 Å². The van der Waals surface area contributed by atoms with E-state index in [-0.39, 0.29) is 11.9 Å². The third-order valence-electron chi connectivity index (χ3n) is 6.03. The number of hydrogen-bond donors (Lipinski definition) is 3. The maximum absolute atomic E-state index is 12.4. The van der Waals surface area contributed by atoms with Gasteiger partial charge in [0, 0.05) is 67.4 Å². The summed E-state index contributed by atoms with van der Waals surface area (Å²) in [5.41, 5.74) is 9.07. The number of carbonyl (C=O) groups is 3. The van der Waals surface area contributed by atoms with Crippen molar-refractivity contribution in [1.82, 2.24) is 25.4 Å². The van der Waals surface area contributed by atoms with E-state index in [4.69, 9.17) is 10.5 Å². The number of nitrogens with zero attached hydrogens (tertiary/aromatic N) is 4. The molecular formula is C22H26BrN7O4. The third-order valence-corrected chi connectivity index (χ3v) is 6.68. The molecule has 0 aliphatic carbocycles. The molecule has 1 spiro atoms. The van der Waals surface area contributed by atoms with Crippen molar-refractivity contribution in [2.24, 2.45) is 17.9 Å². The van der Waals surface area contributed by atoms with Gasteiger partial charge in [0.1, 0.15) is 5.71 Å². The zero-order valence-corrected chi connectivity index (χ0v) is 20.5. The second-order valence-electron chi connectivity index (χ2n) is 8.59. The summed E-state index contributed by atoms with van der Waals surface area (Å²) >= 11 is 3.49. The van der Waals surface area contributed by atoms with E-state index in [0.29, 0.717) is 53.8 Å². The summed E-state index contributed by atoms with van der Waals surface area (Å²) in [5.74, 6) is -0.699. The van der Waals surface area contributed by atoms with Crippen LogP contribution in [0.3, 0.4) is 0 Å². The minimum absolute atomic E-state index is 0.0824. The van der Waals surface area contributed by atoms with Gasteiger partial charge in [-0.2, -0.15) is 10.2 Å². The molecule has 1 aromatic heterocycles. The number of likely N-dealkylation sites (tertiary alicyclic amines) is 1. The van der Waals surface area contributed by atoms with Crippen LogP contribution in [0.2, 0.25) is 0 Å². The van der Waals surface area contributed by atoms with Crippen LogP contribution in [0.1, 0.15) is 46.0 Å². The number of amides is 3. The molecule has 0 radical (unpaired) electrons. The molecule has 11 nitrogen and oxygen atoms in total. The standard InChI is InChI=1S/C22H26BrN7O4/c1-13(26-20(32)15-10-25-29(2)12-15)11-30-7-5-22(6-8-30)18(27-28-21(33)34-22)16-4-3-14(19(24)31)9-17(16)23/h3-4,9-10,12-13H,5-8,11H2,1-2H3,(H2,24,31)(H,26,32)(H,28,33)/t13-/m0/s1. The second-order valence-corrected chi connectivity index (χ2v) is 9.45.